The molecule has 0 aliphatic carbocycles. The number of nitrogens with two attached hydrogens (primary N) is 1. The van der Waals surface area contributed by atoms with E-state index in [0.29, 0.717) is 13.1 Å². The van der Waals surface area contributed by atoms with Crippen molar-refractivity contribution < 1.29 is 10.0 Å². The van der Waals surface area contributed by atoms with Gasteiger partial charge in [0.2, 0.25) is 17.6 Å². The smallest absolute Gasteiger partial charge is 0.353 e. The summed E-state index contributed by atoms with van der Waals surface area (Å²) in [7, 11) is 0. The van der Waals surface area contributed by atoms with Gasteiger partial charge in [-0.05, 0) is 5.56 Å². The van der Waals surface area contributed by atoms with Crippen LogP contribution < -0.4 is 16.0 Å². The first kappa shape index (κ1) is 18.8. The molecule has 1 aromatic carbocycles. The predicted octanol–water partition coefficient (Wildman–Crippen LogP) is 0.693. The number of nitrogens with zero attached hydrogens (tertiary/aromatic N) is 5. The van der Waals surface area contributed by atoms with Gasteiger partial charge in [0, 0.05) is 39.3 Å². The second-order valence-corrected chi connectivity index (χ2v) is 6.26. The van der Waals surface area contributed by atoms with Crippen LogP contribution >= 0.6 is 0 Å². The minimum atomic E-state index is -0.545. The van der Waals surface area contributed by atoms with Crippen LogP contribution in [0.2, 0.25) is 0 Å². The van der Waals surface area contributed by atoms with Crippen LogP contribution in [0.25, 0.3) is 0 Å². The molecule has 4 N–H and O–H groups in total. The lowest BCUT2D eigenvalue weighted by Gasteiger charge is -2.35. The molecule has 1 fully saturated rings. The zero-order valence-corrected chi connectivity index (χ0v) is 14.9. The number of aromatic nitrogens is 2. The summed E-state index contributed by atoms with van der Waals surface area (Å²) in [6.07, 6.45) is 0. The summed E-state index contributed by atoms with van der Waals surface area (Å²) < 4.78 is 0. The van der Waals surface area contributed by atoms with E-state index in [9.17, 15) is 10.1 Å². The molecule has 2 heterocycles. The van der Waals surface area contributed by atoms with Gasteiger partial charge in [-0.15, -0.1) is 0 Å². The molecule has 0 bridgehead atoms. The molecule has 1 aliphatic heterocycles. The highest BCUT2D eigenvalue weighted by atomic mass is 16.6. The summed E-state index contributed by atoms with van der Waals surface area (Å²) >= 11 is 0. The number of aliphatic hydroxyl groups is 1. The van der Waals surface area contributed by atoms with E-state index in [4.69, 9.17) is 10.8 Å². The zero-order chi connectivity index (χ0) is 19.2. The molecular formula is C17H23N7O3. The molecule has 0 radical (unpaired) electrons. The van der Waals surface area contributed by atoms with E-state index >= 15 is 0 Å². The summed E-state index contributed by atoms with van der Waals surface area (Å²) in [5, 5.41) is 23.2. The lowest BCUT2D eigenvalue weighted by Crippen LogP contribution is -2.46. The minimum Gasteiger partial charge on any atom is -0.395 e. The molecule has 0 spiro atoms. The number of anilines is 3. The monoisotopic (exact) mass is 373 g/mol. The van der Waals surface area contributed by atoms with E-state index in [1.165, 1.54) is 5.56 Å². The first-order valence-corrected chi connectivity index (χ1v) is 8.76. The molecule has 27 heavy (non-hydrogen) atoms. The lowest BCUT2D eigenvalue weighted by atomic mass is 10.2. The number of piperazine rings is 1. The van der Waals surface area contributed by atoms with Gasteiger partial charge in [-0.1, -0.05) is 30.3 Å². The van der Waals surface area contributed by atoms with Crippen LogP contribution in [0.1, 0.15) is 5.56 Å². The molecular weight excluding hydrogens is 350 g/mol. The topological polar surface area (TPSA) is 134 Å². The number of aliphatic hydroxyl groups excluding tert-OH is 1. The van der Waals surface area contributed by atoms with Crippen molar-refractivity contribution in [3.8, 4) is 0 Å². The molecule has 1 aromatic heterocycles. The molecule has 144 valence electrons. The van der Waals surface area contributed by atoms with Gasteiger partial charge in [0.05, 0.1) is 11.5 Å². The first-order chi connectivity index (χ1) is 13.1. The van der Waals surface area contributed by atoms with E-state index in [1.807, 2.05) is 23.1 Å². The molecule has 10 nitrogen and oxygen atoms in total. The van der Waals surface area contributed by atoms with Gasteiger partial charge in [0.1, 0.15) is 0 Å². The molecule has 3 rings (SSSR count). The van der Waals surface area contributed by atoms with Crippen molar-refractivity contribution in [2.45, 2.75) is 6.54 Å². The second kappa shape index (κ2) is 8.60. The number of rotatable bonds is 7. The van der Waals surface area contributed by atoms with Gasteiger partial charge in [0.15, 0.2) is 0 Å². The highest BCUT2D eigenvalue weighted by Gasteiger charge is 2.29. The number of hydrogen-bond acceptors (Lipinski definition) is 9. The van der Waals surface area contributed by atoms with Crippen LogP contribution in [0.4, 0.5) is 23.3 Å². The van der Waals surface area contributed by atoms with Crippen LogP contribution in [0.3, 0.4) is 0 Å². The van der Waals surface area contributed by atoms with E-state index < -0.39 is 4.92 Å². The van der Waals surface area contributed by atoms with Crippen molar-refractivity contribution in [3.63, 3.8) is 0 Å². The van der Waals surface area contributed by atoms with Crippen molar-refractivity contribution in [1.29, 1.82) is 0 Å². The Hall–Kier alpha value is -2.98. The standard InChI is InChI=1S/C17H23N7O3/c18-15-14(24(26)27)16(21-17(20-15)19-6-11-25)23-9-7-22(8-10-23)12-13-4-2-1-3-5-13/h1-5,25H,6-12H2,(H3,18,19,20,21). The summed E-state index contributed by atoms with van der Waals surface area (Å²) in [5.74, 6) is 0.207. The molecule has 1 aliphatic rings. The Morgan fingerprint density at radius 2 is 1.89 bits per heavy atom. The highest BCUT2D eigenvalue weighted by Crippen LogP contribution is 2.32. The van der Waals surface area contributed by atoms with Crippen LogP contribution in [0.15, 0.2) is 30.3 Å². The molecule has 0 amide bonds. The van der Waals surface area contributed by atoms with E-state index in [0.717, 1.165) is 19.6 Å². The normalized spacial score (nSPS) is 14.9. The first-order valence-electron chi connectivity index (χ1n) is 8.76. The van der Waals surface area contributed by atoms with E-state index in [-0.39, 0.29) is 36.4 Å². The second-order valence-electron chi connectivity index (χ2n) is 6.26. The number of benzene rings is 1. The maximum absolute atomic E-state index is 11.5. The van der Waals surface area contributed by atoms with Crippen molar-refractivity contribution in [1.82, 2.24) is 14.9 Å². The van der Waals surface area contributed by atoms with Crippen LogP contribution in [-0.2, 0) is 6.54 Å². The maximum atomic E-state index is 11.5. The molecule has 0 unspecified atom stereocenters. The Morgan fingerprint density at radius 3 is 2.52 bits per heavy atom. The number of nitrogens with one attached hydrogen (secondary N) is 1. The molecule has 10 heteroatoms. The Balaban J connectivity index is 1.74. The number of nitro groups is 1. The van der Waals surface area contributed by atoms with Crippen molar-refractivity contribution in [2.75, 3.05) is 55.3 Å². The van der Waals surface area contributed by atoms with Gasteiger partial charge >= 0.3 is 5.69 Å². The fraction of sp³-hybridized carbons (Fsp3) is 0.412. The van der Waals surface area contributed by atoms with Gasteiger partial charge in [-0.2, -0.15) is 9.97 Å². The molecule has 0 saturated carbocycles. The Labute approximate surface area is 156 Å². The van der Waals surface area contributed by atoms with Crippen LogP contribution in [-0.4, -0.2) is 64.2 Å². The van der Waals surface area contributed by atoms with Crippen LogP contribution in [0.5, 0.6) is 0 Å². The van der Waals surface area contributed by atoms with Gasteiger partial charge in [-0.25, -0.2) is 0 Å². The minimum absolute atomic E-state index is 0.103. The average Bonchev–Trinajstić information content (AvgIpc) is 2.67. The Morgan fingerprint density at radius 1 is 1.19 bits per heavy atom. The third-order valence-electron chi connectivity index (χ3n) is 4.39. The predicted molar refractivity (Wildman–Crippen MR) is 103 cm³/mol. The summed E-state index contributed by atoms with van der Waals surface area (Å²) in [6.45, 7) is 3.69. The maximum Gasteiger partial charge on any atom is 0.353 e. The van der Waals surface area contributed by atoms with Gasteiger partial charge in [0.25, 0.3) is 0 Å². The number of hydrogen-bond donors (Lipinski definition) is 3. The van der Waals surface area contributed by atoms with E-state index in [1.54, 1.807) is 0 Å². The van der Waals surface area contributed by atoms with Crippen molar-refractivity contribution in [2.24, 2.45) is 0 Å². The SMILES string of the molecule is Nc1nc(NCCO)nc(N2CCN(Cc3ccccc3)CC2)c1[N+](=O)[O-]. The molecule has 0 atom stereocenters. The van der Waals surface area contributed by atoms with Crippen molar-refractivity contribution in [3.05, 3.63) is 46.0 Å². The third kappa shape index (κ3) is 4.60. The fourth-order valence-corrected chi connectivity index (χ4v) is 3.06. The average molecular weight is 373 g/mol. The summed E-state index contributed by atoms with van der Waals surface area (Å²) in [6, 6.07) is 10.2. The highest BCUT2D eigenvalue weighted by molar-refractivity contribution is 5.71. The number of nitrogen functional groups attached to an aromatic ring is 1. The molecule has 1 saturated heterocycles. The molecule has 2 aromatic rings. The summed E-state index contributed by atoms with van der Waals surface area (Å²) in [5.41, 5.74) is 6.76. The van der Waals surface area contributed by atoms with Gasteiger partial charge in [-0.3, -0.25) is 15.0 Å². The quantitative estimate of drug-likeness (QED) is 0.473. The Kier molecular flexibility index (Phi) is 5.99. The Bertz CT molecular complexity index is 780. The van der Waals surface area contributed by atoms with E-state index in [2.05, 4.69) is 32.3 Å². The fourth-order valence-electron chi connectivity index (χ4n) is 3.06. The third-order valence-corrected chi connectivity index (χ3v) is 4.39. The van der Waals surface area contributed by atoms with Crippen molar-refractivity contribution >= 4 is 23.3 Å². The lowest BCUT2D eigenvalue weighted by molar-refractivity contribution is -0.383. The largest absolute Gasteiger partial charge is 0.395 e. The zero-order valence-electron chi connectivity index (χ0n) is 14.9. The summed E-state index contributed by atoms with van der Waals surface area (Å²) in [4.78, 5) is 23.3. The van der Waals surface area contributed by atoms with Gasteiger partial charge < -0.3 is 21.1 Å². The van der Waals surface area contributed by atoms with Crippen LogP contribution in [0, 0.1) is 10.1 Å².